The Morgan fingerprint density at radius 1 is 1.00 bits per heavy atom. The molecule has 2 rings (SSSR count). The Hall–Kier alpha value is -2.43. The first-order valence-electron chi connectivity index (χ1n) is 5.45. The van der Waals surface area contributed by atoms with Crippen molar-refractivity contribution in [3.63, 3.8) is 0 Å². The summed E-state index contributed by atoms with van der Waals surface area (Å²) >= 11 is 0. The first-order valence-corrected chi connectivity index (χ1v) is 5.45. The highest BCUT2D eigenvalue weighted by atomic mass is 19.3. The summed E-state index contributed by atoms with van der Waals surface area (Å²) in [6.07, 6.45) is 0. The molecule has 0 fully saturated rings. The number of ether oxygens (including phenoxy) is 1. The van der Waals surface area contributed by atoms with E-state index in [9.17, 15) is 13.6 Å². The molecule has 0 aliphatic heterocycles. The van der Waals surface area contributed by atoms with Crippen LogP contribution in [0.25, 0.3) is 0 Å². The van der Waals surface area contributed by atoms with E-state index in [1.165, 1.54) is 12.1 Å². The average Bonchev–Trinajstić information content (AvgIpc) is 2.40. The number of hydrogen-bond donors (Lipinski definition) is 1. The standard InChI is InChI=1S/C14H10F2O3/c15-14(16,13(17)18)10-5-4-8-12(9-10)19-11-6-2-1-3-7-11/h1-9H,(H,17,18). The lowest BCUT2D eigenvalue weighted by molar-refractivity contribution is -0.166. The number of aliphatic carboxylic acids is 1. The van der Waals surface area contributed by atoms with Crippen LogP contribution >= 0.6 is 0 Å². The quantitative estimate of drug-likeness (QED) is 0.916. The fourth-order valence-electron chi connectivity index (χ4n) is 1.50. The minimum Gasteiger partial charge on any atom is -0.477 e. The van der Waals surface area contributed by atoms with Gasteiger partial charge in [0.05, 0.1) is 0 Å². The van der Waals surface area contributed by atoms with Gasteiger partial charge in [-0.2, -0.15) is 8.78 Å². The van der Waals surface area contributed by atoms with Crippen molar-refractivity contribution >= 4 is 5.97 Å². The number of carboxylic acid groups (broad SMARTS) is 1. The highest BCUT2D eigenvalue weighted by Gasteiger charge is 2.41. The molecule has 0 radical (unpaired) electrons. The Balaban J connectivity index is 2.28. The van der Waals surface area contributed by atoms with Crippen LogP contribution in [0, 0.1) is 0 Å². The second-order valence-electron chi connectivity index (χ2n) is 3.82. The monoisotopic (exact) mass is 264 g/mol. The van der Waals surface area contributed by atoms with Crippen LogP contribution in [0.5, 0.6) is 11.5 Å². The summed E-state index contributed by atoms with van der Waals surface area (Å²) in [5.41, 5.74) is -0.617. The molecule has 0 amide bonds. The second-order valence-corrected chi connectivity index (χ2v) is 3.82. The molecule has 0 saturated heterocycles. The highest BCUT2D eigenvalue weighted by Crippen LogP contribution is 2.31. The highest BCUT2D eigenvalue weighted by molar-refractivity contribution is 5.77. The topological polar surface area (TPSA) is 46.5 Å². The fraction of sp³-hybridized carbons (Fsp3) is 0.0714. The molecule has 0 atom stereocenters. The van der Waals surface area contributed by atoms with Gasteiger partial charge in [0.15, 0.2) is 0 Å². The molecule has 0 spiro atoms. The number of para-hydroxylation sites is 1. The molecule has 0 heterocycles. The third kappa shape index (κ3) is 2.88. The zero-order valence-electron chi connectivity index (χ0n) is 9.72. The molecule has 2 aromatic carbocycles. The summed E-state index contributed by atoms with van der Waals surface area (Å²) in [5, 5.41) is 8.48. The van der Waals surface area contributed by atoms with Crippen LogP contribution < -0.4 is 4.74 Å². The van der Waals surface area contributed by atoms with E-state index < -0.39 is 17.5 Å². The van der Waals surface area contributed by atoms with Crippen molar-refractivity contribution in [1.82, 2.24) is 0 Å². The molecule has 2 aromatic rings. The minimum absolute atomic E-state index is 0.157. The van der Waals surface area contributed by atoms with Crippen molar-refractivity contribution < 1.29 is 23.4 Å². The maximum absolute atomic E-state index is 13.3. The van der Waals surface area contributed by atoms with E-state index in [1.807, 2.05) is 0 Å². The summed E-state index contributed by atoms with van der Waals surface area (Å²) < 4.78 is 32.1. The number of carbonyl (C=O) groups is 1. The Kier molecular flexibility index (Phi) is 3.46. The van der Waals surface area contributed by atoms with Crippen LogP contribution in [0.3, 0.4) is 0 Å². The van der Waals surface area contributed by atoms with Crippen molar-refractivity contribution in [2.75, 3.05) is 0 Å². The summed E-state index contributed by atoms with van der Waals surface area (Å²) in [4.78, 5) is 10.5. The van der Waals surface area contributed by atoms with Gasteiger partial charge in [-0.3, -0.25) is 0 Å². The molecule has 5 heteroatoms. The number of benzene rings is 2. The third-order valence-corrected chi connectivity index (χ3v) is 2.44. The van der Waals surface area contributed by atoms with Gasteiger partial charge in [0.25, 0.3) is 0 Å². The van der Waals surface area contributed by atoms with E-state index in [0.717, 1.165) is 12.1 Å². The number of rotatable bonds is 4. The van der Waals surface area contributed by atoms with Crippen LogP contribution in [0.15, 0.2) is 54.6 Å². The van der Waals surface area contributed by atoms with Crippen molar-refractivity contribution in [2.45, 2.75) is 5.92 Å². The van der Waals surface area contributed by atoms with E-state index in [1.54, 1.807) is 30.3 Å². The predicted molar refractivity (Wildman–Crippen MR) is 64.5 cm³/mol. The SMILES string of the molecule is O=C(O)C(F)(F)c1cccc(Oc2ccccc2)c1. The van der Waals surface area contributed by atoms with Crippen molar-refractivity contribution in [2.24, 2.45) is 0 Å². The molecule has 0 saturated carbocycles. The molecular formula is C14H10F2O3. The molecule has 0 bridgehead atoms. The molecule has 19 heavy (non-hydrogen) atoms. The maximum Gasteiger partial charge on any atom is 0.379 e. The van der Waals surface area contributed by atoms with E-state index >= 15 is 0 Å². The first kappa shape index (κ1) is 13.0. The smallest absolute Gasteiger partial charge is 0.379 e. The van der Waals surface area contributed by atoms with Gasteiger partial charge in [-0.1, -0.05) is 30.3 Å². The normalized spacial score (nSPS) is 11.1. The second kappa shape index (κ2) is 5.06. The molecule has 0 aromatic heterocycles. The first-order chi connectivity index (χ1) is 9.00. The molecule has 0 aliphatic rings. The maximum atomic E-state index is 13.3. The number of hydrogen-bond acceptors (Lipinski definition) is 2. The zero-order valence-corrected chi connectivity index (χ0v) is 9.72. The van der Waals surface area contributed by atoms with Gasteiger partial charge in [-0.05, 0) is 24.3 Å². The number of carboxylic acids is 1. The predicted octanol–water partition coefficient (Wildman–Crippen LogP) is 3.66. The van der Waals surface area contributed by atoms with Gasteiger partial charge in [-0.25, -0.2) is 4.79 Å². The Bertz CT molecular complexity index is 582. The van der Waals surface area contributed by atoms with Crippen molar-refractivity contribution in [3.05, 3.63) is 60.2 Å². The van der Waals surface area contributed by atoms with Crippen LogP contribution in [0.2, 0.25) is 0 Å². The van der Waals surface area contributed by atoms with Crippen molar-refractivity contribution in [3.8, 4) is 11.5 Å². The summed E-state index contributed by atoms with van der Waals surface area (Å²) in [5.74, 6) is -5.48. The average molecular weight is 264 g/mol. The van der Waals surface area contributed by atoms with E-state index in [4.69, 9.17) is 9.84 Å². The number of halogens is 2. The molecule has 3 nitrogen and oxygen atoms in total. The van der Waals surface area contributed by atoms with Gasteiger partial charge >= 0.3 is 11.9 Å². The van der Waals surface area contributed by atoms with Gasteiger partial charge in [-0.15, -0.1) is 0 Å². The van der Waals surface area contributed by atoms with E-state index in [2.05, 4.69) is 0 Å². The fourth-order valence-corrected chi connectivity index (χ4v) is 1.50. The lowest BCUT2D eigenvalue weighted by Gasteiger charge is -2.13. The minimum atomic E-state index is -3.93. The van der Waals surface area contributed by atoms with Crippen LogP contribution in [-0.2, 0) is 10.7 Å². The van der Waals surface area contributed by atoms with Gasteiger partial charge in [0, 0.05) is 5.56 Å². The van der Waals surface area contributed by atoms with Gasteiger partial charge < -0.3 is 9.84 Å². The van der Waals surface area contributed by atoms with E-state index in [0.29, 0.717) is 5.75 Å². The summed E-state index contributed by atoms with van der Waals surface area (Å²) in [7, 11) is 0. The Morgan fingerprint density at radius 3 is 2.26 bits per heavy atom. The Labute approximate surface area is 108 Å². The Morgan fingerprint density at radius 2 is 1.63 bits per heavy atom. The molecule has 98 valence electrons. The summed E-state index contributed by atoms with van der Waals surface area (Å²) in [6, 6.07) is 13.5. The molecular weight excluding hydrogens is 254 g/mol. The lowest BCUT2D eigenvalue weighted by atomic mass is 10.1. The number of alkyl halides is 2. The van der Waals surface area contributed by atoms with Gasteiger partial charge in [0.2, 0.25) is 0 Å². The third-order valence-electron chi connectivity index (χ3n) is 2.44. The largest absolute Gasteiger partial charge is 0.477 e. The lowest BCUT2D eigenvalue weighted by Crippen LogP contribution is -2.25. The van der Waals surface area contributed by atoms with Crippen LogP contribution in [0.1, 0.15) is 5.56 Å². The van der Waals surface area contributed by atoms with Crippen molar-refractivity contribution in [1.29, 1.82) is 0 Å². The molecule has 1 N–H and O–H groups in total. The zero-order chi connectivity index (χ0) is 13.9. The van der Waals surface area contributed by atoms with E-state index in [-0.39, 0.29) is 5.75 Å². The van der Waals surface area contributed by atoms with Gasteiger partial charge in [0.1, 0.15) is 11.5 Å². The van der Waals surface area contributed by atoms with Crippen LogP contribution in [0.4, 0.5) is 8.78 Å². The summed E-state index contributed by atoms with van der Waals surface area (Å²) in [6.45, 7) is 0. The molecule has 0 aliphatic carbocycles. The molecule has 0 unspecified atom stereocenters. The van der Waals surface area contributed by atoms with Crippen LogP contribution in [-0.4, -0.2) is 11.1 Å².